The first kappa shape index (κ1) is 11.9. The van der Waals surface area contributed by atoms with E-state index >= 15 is 0 Å². The van der Waals surface area contributed by atoms with E-state index in [0.29, 0.717) is 0 Å². The van der Waals surface area contributed by atoms with Crippen LogP contribution in [0.1, 0.15) is 6.42 Å². The van der Waals surface area contributed by atoms with Crippen molar-refractivity contribution in [3.05, 3.63) is 0 Å². The smallest absolute Gasteiger partial charge is 0.0595 e. The Balaban J connectivity index is 2.16. The molecule has 2 unspecified atom stereocenters. The lowest BCUT2D eigenvalue weighted by molar-refractivity contribution is 0.206. The third-order valence-electron chi connectivity index (χ3n) is 2.84. The molecule has 3 N–H and O–H groups in total. The summed E-state index contributed by atoms with van der Waals surface area (Å²) in [5.74, 6) is 0.774. The molecule has 1 aliphatic heterocycles. The molecule has 0 spiro atoms. The highest BCUT2D eigenvalue weighted by molar-refractivity contribution is 4.76. The Bertz CT molecular complexity index is 165. The predicted octanol–water partition coefficient (Wildman–Crippen LogP) is -0.810. The summed E-state index contributed by atoms with van der Waals surface area (Å²) < 4.78 is 0. The fraction of sp³-hybridized carbons (Fsp3) is 1.00. The lowest BCUT2D eigenvalue weighted by atomic mass is 10.1. The second kappa shape index (κ2) is 5.66. The van der Waals surface area contributed by atoms with E-state index < -0.39 is 0 Å². The summed E-state index contributed by atoms with van der Waals surface area (Å²) in [6.45, 7) is 4.37. The first-order valence-corrected chi connectivity index (χ1v) is 5.35. The van der Waals surface area contributed by atoms with Crippen molar-refractivity contribution >= 4 is 0 Å². The van der Waals surface area contributed by atoms with Gasteiger partial charge in [0.1, 0.15) is 0 Å². The first-order valence-electron chi connectivity index (χ1n) is 5.35. The Hall–Kier alpha value is -0.160. The maximum atomic E-state index is 8.83. The first-order chi connectivity index (χ1) is 6.61. The number of likely N-dealkylation sites (N-methyl/N-ethyl adjacent to an activating group) is 1. The number of aliphatic hydroxyl groups excluding tert-OH is 1. The Labute approximate surface area is 86.7 Å². The molecule has 1 saturated heterocycles. The van der Waals surface area contributed by atoms with Gasteiger partial charge >= 0.3 is 0 Å². The molecule has 0 bridgehead atoms. The largest absolute Gasteiger partial charge is 0.395 e. The summed E-state index contributed by atoms with van der Waals surface area (Å²) in [5, 5.41) is 8.83. The van der Waals surface area contributed by atoms with Crippen LogP contribution in [0.2, 0.25) is 0 Å². The highest BCUT2D eigenvalue weighted by atomic mass is 16.3. The molecular formula is C10H23N3O. The maximum Gasteiger partial charge on any atom is 0.0595 e. The summed E-state index contributed by atoms with van der Waals surface area (Å²) >= 11 is 0. The van der Waals surface area contributed by atoms with Crippen LogP contribution in [0.3, 0.4) is 0 Å². The van der Waals surface area contributed by atoms with E-state index in [1.165, 1.54) is 19.5 Å². The molecule has 1 fully saturated rings. The fourth-order valence-electron chi connectivity index (χ4n) is 2.15. The van der Waals surface area contributed by atoms with E-state index in [0.717, 1.165) is 19.0 Å². The SMILES string of the molecule is CN1CCC(CN(C)CC(N)CO)C1. The predicted molar refractivity (Wildman–Crippen MR) is 58.2 cm³/mol. The van der Waals surface area contributed by atoms with Gasteiger partial charge in [0, 0.05) is 25.7 Å². The second-order valence-corrected chi connectivity index (χ2v) is 4.58. The molecule has 84 valence electrons. The normalized spacial score (nSPS) is 25.9. The Morgan fingerprint density at radius 2 is 2.36 bits per heavy atom. The van der Waals surface area contributed by atoms with Gasteiger partial charge in [0.05, 0.1) is 6.61 Å². The van der Waals surface area contributed by atoms with Crippen molar-refractivity contribution in [3.8, 4) is 0 Å². The quantitative estimate of drug-likeness (QED) is 0.611. The molecule has 4 heteroatoms. The van der Waals surface area contributed by atoms with E-state index in [1.54, 1.807) is 0 Å². The summed E-state index contributed by atoms with van der Waals surface area (Å²) in [7, 11) is 4.24. The zero-order valence-corrected chi connectivity index (χ0v) is 9.32. The zero-order chi connectivity index (χ0) is 10.6. The Kier molecular flexibility index (Phi) is 4.81. The minimum atomic E-state index is -0.0980. The number of nitrogens with two attached hydrogens (primary N) is 1. The molecule has 4 nitrogen and oxygen atoms in total. The summed E-state index contributed by atoms with van der Waals surface area (Å²) in [5.41, 5.74) is 5.67. The zero-order valence-electron chi connectivity index (χ0n) is 9.32. The average Bonchev–Trinajstić information content (AvgIpc) is 2.50. The Morgan fingerprint density at radius 3 is 2.86 bits per heavy atom. The molecule has 1 heterocycles. The van der Waals surface area contributed by atoms with E-state index in [-0.39, 0.29) is 12.6 Å². The van der Waals surface area contributed by atoms with Crippen molar-refractivity contribution in [3.63, 3.8) is 0 Å². The van der Waals surface area contributed by atoms with Gasteiger partial charge < -0.3 is 20.6 Å². The van der Waals surface area contributed by atoms with Gasteiger partial charge in [-0.15, -0.1) is 0 Å². The van der Waals surface area contributed by atoms with Gasteiger partial charge in [0.15, 0.2) is 0 Å². The van der Waals surface area contributed by atoms with Crippen LogP contribution in [0.4, 0.5) is 0 Å². The summed E-state index contributed by atoms with van der Waals surface area (Å²) in [6.07, 6.45) is 1.29. The topological polar surface area (TPSA) is 52.7 Å². The van der Waals surface area contributed by atoms with Crippen LogP contribution in [0.5, 0.6) is 0 Å². The van der Waals surface area contributed by atoms with Crippen LogP contribution in [-0.4, -0.2) is 67.8 Å². The number of hydrogen-bond acceptors (Lipinski definition) is 4. The maximum absolute atomic E-state index is 8.83. The van der Waals surface area contributed by atoms with Crippen molar-refractivity contribution < 1.29 is 5.11 Å². The molecule has 0 radical (unpaired) electrons. The van der Waals surface area contributed by atoms with Crippen molar-refractivity contribution in [2.75, 3.05) is 46.9 Å². The Morgan fingerprint density at radius 1 is 1.64 bits per heavy atom. The molecule has 0 amide bonds. The van der Waals surface area contributed by atoms with Crippen LogP contribution in [0.15, 0.2) is 0 Å². The van der Waals surface area contributed by atoms with Gasteiger partial charge in [-0.1, -0.05) is 0 Å². The van der Waals surface area contributed by atoms with E-state index in [4.69, 9.17) is 10.8 Å². The number of nitrogens with zero attached hydrogens (tertiary/aromatic N) is 2. The number of hydrogen-bond donors (Lipinski definition) is 2. The lowest BCUT2D eigenvalue weighted by Crippen LogP contribution is -2.40. The average molecular weight is 201 g/mol. The second-order valence-electron chi connectivity index (χ2n) is 4.58. The van der Waals surface area contributed by atoms with Gasteiger partial charge in [-0.3, -0.25) is 0 Å². The third-order valence-corrected chi connectivity index (χ3v) is 2.84. The number of rotatable bonds is 5. The van der Waals surface area contributed by atoms with Gasteiger partial charge in [0.25, 0.3) is 0 Å². The molecule has 1 rings (SSSR count). The minimum Gasteiger partial charge on any atom is -0.395 e. The molecule has 0 aliphatic carbocycles. The van der Waals surface area contributed by atoms with Crippen LogP contribution in [0, 0.1) is 5.92 Å². The molecule has 2 atom stereocenters. The lowest BCUT2D eigenvalue weighted by Gasteiger charge is -2.23. The molecule has 0 aromatic rings. The molecule has 14 heavy (non-hydrogen) atoms. The highest BCUT2D eigenvalue weighted by Crippen LogP contribution is 2.14. The standard InChI is InChI=1S/C10H23N3O/c1-12-4-3-9(5-12)6-13(2)7-10(11)8-14/h9-10,14H,3-8,11H2,1-2H3. The van der Waals surface area contributed by atoms with Gasteiger partial charge in [0.2, 0.25) is 0 Å². The minimum absolute atomic E-state index is 0.0783. The summed E-state index contributed by atoms with van der Waals surface area (Å²) in [4.78, 5) is 4.59. The highest BCUT2D eigenvalue weighted by Gasteiger charge is 2.20. The number of aliphatic hydroxyl groups is 1. The molecular weight excluding hydrogens is 178 g/mol. The van der Waals surface area contributed by atoms with Gasteiger partial charge in [-0.05, 0) is 33.0 Å². The van der Waals surface area contributed by atoms with E-state index in [2.05, 4.69) is 23.9 Å². The number of likely N-dealkylation sites (tertiary alicyclic amines) is 1. The summed E-state index contributed by atoms with van der Waals surface area (Å²) in [6, 6.07) is -0.0980. The van der Waals surface area contributed by atoms with Crippen molar-refractivity contribution in [1.82, 2.24) is 9.80 Å². The molecule has 0 aromatic heterocycles. The van der Waals surface area contributed by atoms with Gasteiger partial charge in [-0.25, -0.2) is 0 Å². The van der Waals surface area contributed by atoms with E-state index in [1.807, 2.05) is 0 Å². The van der Waals surface area contributed by atoms with Crippen LogP contribution in [-0.2, 0) is 0 Å². The van der Waals surface area contributed by atoms with E-state index in [9.17, 15) is 0 Å². The molecule has 0 saturated carbocycles. The fourth-order valence-corrected chi connectivity index (χ4v) is 2.15. The monoisotopic (exact) mass is 201 g/mol. The van der Waals surface area contributed by atoms with Crippen molar-refractivity contribution in [1.29, 1.82) is 0 Å². The van der Waals surface area contributed by atoms with Crippen molar-refractivity contribution in [2.24, 2.45) is 11.7 Å². The molecule has 0 aromatic carbocycles. The third kappa shape index (κ3) is 3.92. The van der Waals surface area contributed by atoms with Crippen LogP contribution < -0.4 is 5.73 Å². The molecule has 1 aliphatic rings. The van der Waals surface area contributed by atoms with Crippen LogP contribution in [0.25, 0.3) is 0 Å². The van der Waals surface area contributed by atoms with Gasteiger partial charge in [-0.2, -0.15) is 0 Å². The van der Waals surface area contributed by atoms with Crippen molar-refractivity contribution in [2.45, 2.75) is 12.5 Å². The van der Waals surface area contributed by atoms with Crippen LogP contribution >= 0.6 is 0 Å².